The highest BCUT2D eigenvalue weighted by atomic mass is 16.5. The average molecular weight is 246 g/mol. The highest BCUT2D eigenvalue weighted by molar-refractivity contribution is 5.82. The Bertz CT molecular complexity index is 379. The van der Waals surface area contributed by atoms with Crippen molar-refractivity contribution < 1.29 is 9.53 Å². The van der Waals surface area contributed by atoms with Crippen molar-refractivity contribution in [1.82, 2.24) is 0 Å². The molecule has 2 heteroatoms. The Morgan fingerprint density at radius 3 is 2.56 bits per heavy atom. The summed E-state index contributed by atoms with van der Waals surface area (Å²) in [7, 11) is 0. The van der Waals surface area contributed by atoms with Gasteiger partial charge in [-0.05, 0) is 31.7 Å². The van der Waals surface area contributed by atoms with Gasteiger partial charge in [0.15, 0.2) is 0 Å². The Morgan fingerprint density at radius 1 is 1.22 bits per heavy atom. The molecule has 98 valence electrons. The van der Waals surface area contributed by atoms with Crippen molar-refractivity contribution in [2.75, 3.05) is 6.61 Å². The molecular formula is C16H22O2. The number of unbranched alkanes of at least 4 members (excludes halogenated alkanes) is 1. The van der Waals surface area contributed by atoms with E-state index in [9.17, 15) is 4.79 Å². The fourth-order valence-corrected chi connectivity index (χ4v) is 1.82. The van der Waals surface area contributed by atoms with Crippen molar-refractivity contribution in [2.24, 2.45) is 0 Å². The lowest BCUT2D eigenvalue weighted by molar-refractivity contribution is -0.137. The summed E-state index contributed by atoms with van der Waals surface area (Å²) in [6.45, 7) is 4.42. The maximum Gasteiger partial charge on any atom is 0.330 e. The molecule has 2 nitrogen and oxygen atoms in total. The zero-order valence-electron chi connectivity index (χ0n) is 11.3. The van der Waals surface area contributed by atoms with Crippen molar-refractivity contribution in [3.8, 4) is 0 Å². The lowest BCUT2D eigenvalue weighted by Crippen LogP contribution is -2.03. The zero-order valence-corrected chi connectivity index (χ0v) is 11.3. The van der Waals surface area contributed by atoms with E-state index in [1.54, 1.807) is 6.08 Å². The standard InChI is InChI=1S/C16H22O2/c1-3-5-9-15(13-16(17)18-4-2)12-14-10-7-6-8-11-14/h6-8,10-11,13H,3-5,9,12H2,1-2H3/b15-13-. The van der Waals surface area contributed by atoms with Crippen molar-refractivity contribution in [2.45, 2.75) is 39.5 Å². The second kappa shape index (κ2) is 8.51. The Kier molecular flexibility index (Phi) is 6.85. The van der Waals surface area contributed by atoms with Crippen molar-refractivity contribution in [3.63, 3.8) is 0 Å². The summed E-state index contributed by atoms with van der Waals surface area (Å²) in [6.07, 6.45) is 5.70. The molecule has 0 aromatic heterocycles. The molecule has 18 heavy (non-hydrogen) atoms. The maximum atomic E-state index is 11.5. The summed E-state index contributed by atoms with van der Waals surface area (Å²) in [6, 6.07) is 10.2. The molecule has 0 spiro atoms. The fraction of sp³-hybridized carbons (Fsp3) is 0.438. The van der Waals surface area contributed by atoms with Crippen molar-refractivity contribution >= 4 is 5.97 Å². The van der Waals surface area contributed by atoms with Gasteiger partial charge in [0.1, 0.15) is 0 Å². The Morgan fingerprint density at radius 2 is 1.94 bits per heavy atom. The van der Waals surface area contributed by atoms with E-state index in [1.165, 1.54) is 5.56 Å². The van der Waals surface area contributed by atoms with Crippen LogP contribution in [0, 0.1) is 0 Å². The Balaban J connectivity index is 2.69. The van der Waals surface area contributed by atoms with E-state index in [2.05, 4.69) is 19.1 Å². The summed E-state index contributed by atoms with van der Waals surface area (Å²) in [5.41, 5.74) is 2.39. The first kappa shape index (κ1) is 14.5. The minimum absolute atomic E-state index is 0.223. The molecule has 0 heterocycles. The minimum Gasteiger partial charge on any atom is -0.463 e. The molecule has 1 aromatic carbocycles. The molecule has 0 aliphatic heterocycles. The van der Waals surface area contributed by atoms with Gasteiger partial charge < -0.3 is 4.74 Å². The van der Waals surface area contributed by atoms with E-state index < -0.39 is 0 Å². The van der Waals surface area contributed by atoms with Gasteiger partial charge in [-0.2, -0.15) is 0 Å². The van der Waals surface area contributed by atoms with Gasteiger partial charge in [0.05, 0.1) is 6.61 Å². The maximum absolute atomic E-state index is 11.5. The summed E-state index contributed by atoms with van der Waals surface area (Å²) in [4.78, 5) is 11.5. The molecule has 0 radical (unpaired) electrons. The molecule has 0 amide bonds. The fourth-order valence-electron chi connectivity index (χ4n) is 1.82. The van der Waals surface area contributed by atoms with E-state index in [4.69, 9.17) is 4.74 Å². The number of benzene rings is 1. The van der Waals surface area contributed by atoms with Crippen LogP contribution in [0.25, 0.3) is 0 Å². The molecule has 0 unspecified atom stereocenters. The first-order valence-corrected chi connectivity index (χ1v) is 6.66. The van der Waals surface area contributed by atoms with Gasteiger partial charge in [-0.15, -0.1) is 0 Å². The number of rotatable bonds is 7. The number of allylic oxidation sites excluding steroid dienone is 1. The number of ether oxygens (including phenoxy) is 1. The van der Waals surface area contributed by atoms with Crippen LogP contribution >= 0.6 is 0 Å². The monoisotopic (exact) mass is 246 g/mol. The largest absolute Gasteiger partial charge is 0.463 e. The van der Waals surface area contributed by atoms with E-state index in [0.717, 1.165) is 31.3 Å². The number of esters is 1. The molecule has 0 saturated carbocycles. The number of hydrogen-bond acceptors (Lipinski definition) is 2. The first-order chi connectivity index (χ1) is 8.76. The van der Waals surface area contributed by atoms with Gasteiger partial charge in [-0.3, -0.25) is 0 Å². The van der Waals surface area contributed by atoms with Gasteiger partial charge >= 0.3 is 5.97 Å². The first-order valence-electron chi connectivity index (χ1n) is 6.66. The third-order valence-electron chi connectivity index (χ3n) is 2.73. The van der Waals surface area contributed by atoms with Gasteiger partial charge in [-0.1, -0.05) is 49.2 Å². The number of carbonyl (C=O) groups is 1. The Hall–Kier alpha value is -1.57. The molecule has 0 N–H and O–H groups in total. The van der Waals surface area contributed by atoms with Crippen LogP contribution in [0.5, 0.6) is 0 Å². The second-order valence-electron chi connectivity index (χ2n) is 4.32. The van der Waals surface area contributed by atoms with E-state index in [-0.39, 0.29) is 5.97 Å². The van der Waals surface area contributed by atoms with Gasteiger partial charge in [-0.25, -0.2) is 4.79 Å². The molecule has 0 fully saturated rings. The van der Waals surface area contributed by atoms with Crippen LogP contribution in [-0.4, -0.2) is 12.6 Å². The van der Waals surface area contributed by atoms with E-state index >= 15 is 0 Å². The molecular weight excluding hydrogens is 224 g/mol. The summed E-state index contributed by atoms with van der Waals surface area (Å²) < 4.78 is 4.97. The summed E-state index contributed by atoms with van der Waals surface area (Å²) >= 11 is 0. The molecule has 1 aromatic rings. The van der Waals surface area contributed by atoms with Crippen molar-refractivity contribution in [1.29, 1.82) is 0 Å². The zero-order chi connectivity index (χ0) is 13.2. The van der Waals surface area contributed by atoms with Gasteiger partial charge in [0, 0.05) is 6.08 Å². The third-order valence-corrected chi connectivity index (χ3v) is 2.73. The SMILES string of the molecule is CCCC/C(=C/C(=O)OCC)Cc1ccccc1. The number of carbonyl (C=O) groups excluding carboxylic acids is 1. The predicted octanol–water partition coefficient (Wildman–Crippen LogP) is 3.91. The van der Waals surface area contributed by atoms with Gasteiger partial charge in [0.25, 0.3) is 0 Å². The lowest BCUT2D eigenvalue weighted by Gasteiger charge is -2.07. The predicted molar refractivity (Wildman–Crippen MR) is 74.4 cm³/mol. The second-order valence-corrected chi connectivity index (χ2v) is 4.32. The molecule has 0 bridgehead atoms. The van der Waals surface area contributed by atoms with Crippen LogP contribution in [0.4, 0.5) is 0 Å². The smallest absolute Gasteiger partial charge is 0.330 e. The molecule has 0 aliphatic rings. The van der Waals surface area contributed by atoms with Crippen LogP contribution < -0.4 is 0 Å². The van der Waals surface area contributed by atoms with Crippen LogP contribution in [0.1, 0.15) is 38.7 Å². The third kappa shape index (κ3) is 5.67. The summed E-state index contributed by atoms with van der Waals surface area (Å²) in [5, 5.41) is 0. The number of hydrogen-bond donors (Lipinski definition) is 0. The van der Waals surface area contributed by atoms with Gasteiger partial charge in [0.2, 0.25) is 0 Å². The van der Waals surface area contributed by atoms with Crippen molar-refractivity contribution in [3.05, 3.63) is 47.5 Å². The average Bonchev–Trinajstić information content (AvgIpc) is 2.37. The van der Waals surface area contributed by atoms with E-state index in [1.807, 2.05) is 25.1 Å². The molecule has 1 rings (SSSR count). The normalized spacial score (nSPS) is 11.3. The van der Waals surface area contributed by atoms with Crippen LogP contribution in [0.15, 0.2) is 42.0 Å². The topological polar surface area (TPSA) is 26.3 Å². The molecule has 0 aliphatic carbocycles. The molecule has 0 atom stereocenters. The van der Waals surface area contributed by atoms with Crippen LogP contribution in [0.3, 0.4) is 0 Å². The van der Waals surface area contributed by atoms with Crippen LogP contribution in [0.2, 0.25) is 0 Å². The van der Waals surface area contributed by atoms with Crippen LogP contribution in [-0.2, 0) is 16.0 Å². The Labute approximate surface area is 110 Å². The minimum atomic E-state index is -0.223. The lowest BCUT2D eigenvalue weighted by atomic mass is 10.00. The quantitative estimate of drug-likeness (QED) is 0.538. The van der Waals surface area contributed by atoms with E-state index in [0.29, 0.717) is 6.61 Å². The molecule has 0 saturated heterocycles. The summed E-state index contributed by atoms with van der Waals surface area (Å²) in [5.74, 6) is -0.223. The highest BCUT2D eigenvalue weighted by Crippen LogP contribution is 2.14. The highest BCUT2D eigenvalue weighted by Gasteiger charge is 2.04.